The van der Waals surface area contributed by atoms with E-state index in [9.17, 15) is 13.6 Å². The predicted molar refractivity (Wildman–Crippen MR) is 138 cm³/mol. The molecule has 0 amide bonds. The summed E-state index contributed by atoms with van der Waals surface area (Å²) in [4.78, 5) is 12.6. The van der Waals surface area contributed by atoms with Crippen LogP contribution in [0, 0.1) is 17.6 Å². The van der Waals surface area contributed by atoms with Crippen molar-refractivity contribution in [2.75, 3.05) is 0 Å². The fourth-order valence-electron chi connectivity index (χ4n) is 4.94. The van der Waals surface area contributed by atoms with Crippen LogP contribution in [0.4, 0.5) is 8.78 Å². The lowest BCUT2D eigenvalue weighted by molar-refractivity contribution is 0.0734. The normalized spacial score (nSPS) is 17.8. The molecule has 3 aromatic carbocycles. The Hall–Kier alpha value is -3.47. The van der Waals surface area contributed by atoms with Crippen molar-refractivity contribution >= 4 is 5.97 Å². The molecule has 3 aromatic rings. The molecule has 1 aliphatic carbocycles. The van der Waals surface area contributed by atoms with E-state index in [0.29, 0.717) is 22.8 Å². The number of rotatable bonds is 8. The maximum atomic E-state index is 14.6. The second-order valence-corrected chi connectivity index (χ2v) is 9.37. The van der Waals surface area contributed by atoms with Crippen molar-refractivity contribution in [1.29, 1.82) is 0 Å². The van der Waals surface area contributed by atoms with Crippen LogP contribution in [0.2, 0.25) is 0 Å². The summed E-state index contributed by atoms with van der Waals surface area (Å²) in [6.45, 7) is 3.96. The molecule has 0 N–H and O–H groups in total. The van der Waals surface area contributed by atoms with Gasteiger partial charge in [0, 0.05) is 5.56 Å². The highest BCUT2D eigenvalue weighted by atomic mass is 19.2. The van der Waals surface area contributed by atoms with Crippen molar-refractivity contribution in [2.45, 2.75) is 58.3 Å². The fraction of sp³-hybridized carbons (Fsp3) is 0.323. The fourth-order valence-corrected chi connectivity index (χ4v) is 4.94. The molecule has 1 fully saturated rings. The largest absolute Gasteiger partial charge is 0.462 e. The van der Waals surface area contributed by atoms with Crippen LogP contribution in [0.15, 0.2) is 73.0 Å². The van der Waals surface area contributed by atoms with Gasteiger partial charge >= 0.3 is 5.97 Å². The summed E-state index contributed by atoms with van der Waals surface area (Å²) in [6.07, 6.45) is 10.4. The van der Waals surface area contributed by atoms with Gasteiger partial charge in [-0.05, 0) is 92.0 Å². The smallest absolute Gasteiger partial charge is 0.343 e. The van der Waals surface area contributed by atoms with Crippen molar-refractivity contribution in [1.82, 2.24) is 0 Å². The number of carbonyl (C=O) groups excluding carboxylic acids is 1. The van der Waals surface area contributed by atoms with E-state index in [-0.39, 0.29) is 11.3 Å². The van der Waals surface area contributed by atoms with Crippen LogP contribution >= 0.6 is 0 Å². The molecule has 5 heteroatoms. The van der Waals surface area contributed by atoms with Gasteiger partial charge in [0.1, 0.15) is 5.75 Å². The third kappa shape index (κ3) is 6.01. The quantitative estimate of drug-likeness (QED) is 0.180. The molecule has 0 aromatic heterocycles. The van der Waals surface area contributed by atoms with E-state index >= 15 is 0 Å². The van der Waals surface area contributed by atoms with Crippen molar-refractivity contribution in [3.8, 4) is 22.6 Å². The molecule has 36 heavy (non-hydrogen) atoms. The number of esters is 1. The van der Waals surface area contributed by atoms with Gasteiger partial charge in [-0.15, -0.1) is 0 Å². The van der Waals surface area contributed by atoms with Gasteiger partial charge in [0.2, 0.25) is 5.82 Å². The summed E-state index contributed by atoms with van der Waals surface area (Å²) in [6, 6.07) is 16.8. The van der Waals surface area contributed by atoms with E-state index in [1.54, 1.807) is 37.3 Å². The minimum absolute atomic E-state index is 0.0829. The van der Waals surface area contributed by atoms with E-state index < -0.39 is 17.6 Å². The summed E-state index contributed by atoms with van der Waals surface area (Å²) in [5.41, 5.74) is 2.15. The van der Waals surface area contributed by atoms with Crippen LogP contribution in [0.3, 0.4) is 0 Å². The standard InChI is InChI=1S/C31H32F2O3/c1-3-5-21-6-8-22(9-7-21)23-14-16-26(17-15-23)36-31(34)25-12-10-24(11-13-25)27-18-19-28(35-20-4-2)30(33)29(27)32/h4,10-22H,3,5-9H2,1-2H3/b20-4+. The van der Waals surface area contributed by atoms with Crippen LogP contribution in [-0.4, -0.2) is 5.97 Å². The Morgan fingerprint density at radius 3 is 2.25 bits per heavy atom. The second-order valence-electron chi connectivity index (χ2n) is 9.37. The Morgan fingerprint density at radius 1 is 0.917 bits per heavy atom. The van der Waals surface area contributed by atoms with Crippen molar-refractivity contribution in [3.05, 3.63) is 95.8 Å². The third-order valence-corrected chi connectivity index (χ3v) is 6.92. The topological polar surface area (TPSA) is 35.5 Å². The minimum atomic E-state index is -1.06. The molecule has 188 valence electrons. The Labute approximate surface area is 211 Å². The van der Waals surface area contributed by atoms with Gasteiger partial charge in [-0.1, -0.05) is 50.1 Å². The molecule has 1 saturated carbocycles. The number of hydrogen-bond donors (Lipinski definition) is 0. The summed E-state index contributed by atoms with van der Waals surface area (Å²) in [7, 11) is 0. The molecule has 1 aliphatic rings. The highest BCUT2D eigenvalue weighted by Crippen LogP contribution is 2.38. The van der Waals surface area contributed by atoms with E-state index in [1.807, 2.05) is 12.1 Å². The summed E-state index contributed by atoms with van der Waals surface area (Å²) < 4.78 is 39.5. The molecule has 3 nitrogen and oxygen atoms in total. The first-order chi connectivity index (χ1) is 17.5. The molecule has 0 spiro atoms. The summed E-state index contributed by atoms with van der Waals surface area (Å²) in [5.74, 6) is -0.842. The van der Waals surface area contributed by atoms with Crippen LogP contribution in [-0.2, 0) is 0 Å². The van der Waals surface area contributed by atoms with Crippen molar-refractivity contribution in [3.63, 3.8) is 0 Å². The highest BCUT2D eigenvalue weighted by molar-refractivity contribution is 5.91. The van der Waals surface area contributed by atoms with Crippen LogP contribution in [0.25, 0.3) is 11.1 Å². The Morgan fingerprint density at radius 2 is 1.61 bits per heavy atom. The summed E-state index contributed by atoms with van der Waals surface area (Å²) >= 11 is 0. The average molecular weight is 491 g/mol. The van der Waals surface area contributed by atoms with Gasteiger partial charge < -0.3 is 9.47 Å². The maximum absolute atomic E-state index is 14.6. The highest BCUT2D eigenvalue weighted by Gasteiger charge is 2.22. The summed E-state index contributed by atoms with van der Waals surface area (Å²) in [5, 5.41) is 0. The molecule has 0 atom stereocenters. The number of halogens is 2. The van der Waals surface area contributed by atoms with Crippen molar-refractivity contribution in [2.24, 2.45) is 5.92 Å². The maximum Gasteiger partial charge on any atom is 0.343 e. The van der Waals surface area contributed by atoms with Crippen LogP contribution < -0.4 is 9.47 Å². The first kappa shape index (κ1) is 25.6. The zero-order valence-electron chi connectivity index (χ0n) is 20.8. The van der Waals surface area contributed by atoms with Gasteiger partial charge in [-0.2, -0.15) is 4.39 Å². The van der Waals surface area contributed by atoms with Gasteiger partial charge in [-0.3, -0.25) is 0 Å². The van der Waals surface area contributed by atoms with Gasteiger partial charge in [0.05, 0.1) is 11.8 Å². The first-order valence-electron chi connectivity index (χ1n) is 12.7. The molecule has 4 rings (SSSR count). The van der Waals surface area contributed by atoms with E-state index in [2.05, 4.69) is 19.1 Å². The lowest BCUT2D eigenvalue weighted by atomic mass is 9.77. The van der Waals surface area contributed by atoms with Gasteiger partial charge in [-0.25, -0.2) is 9.18 Å². The lowest BCUT2D eigenvalue weighted by Gasteiger charge is -2.28. The average Bonchev–Trinajstić information content (AvgIpc) is 2.91. The number of hydrogen-bond acceptors (Lipinski definition) is 3. The SMILES string of the molecule is C/C=C/Oc1ccc(-c2ccc(C(=O)Oc3ccc(C4CCC(CCC)CC4)cc3)cc2)c(F)c1F. The van der Waals surface area contributed by atoms with Gasteiger partial charge in [0.15, 0.2) is 11.6 Å². The van der Waals surface area contributed by atoms with Crippen molar-refractivity contribution < 1.29 is 23.0 Å². The second kappa shape index (κ2) is 12.0. The zero-order chi connectivity index (χ0) is 25.5. The number of carbonyl (C=O) groups is 1. The molecule has 0 unspecified atom stereocenters. The first-order valence-corrected chi connectivity index (χ1v) is 12.7. The Kier molecular flexibility index (Phi) is 8.52. The molecule has 0 radical (unpaired) electrons. The molecule has 0 bridgehead atoms. The zero-order valence-corrected chi connectivity index (χ0v) is 20.8. The molecular formula is C31H32F2O3. The minimum Gasteiger partial charge on any atom is -0.462 e. The number of allylic oxidation sites excluding steroid dienone is 1. The van der Waals surface area contributed by atoms with E-state index in [0.717, 1.165) is 5.92 Å². The number of ether oxygens (including phenoxy) is 2. The monoisotopic (exact) mass is 490 g/mol. The number of benzene rings is 3. The van der Waals surface area contributed by atoms with Crippen LogP contribution in [0.1, 0.15) is 74.2 Å². The predicted octanol–water partition coefficient (Wildman–Crippen LogP) is 8.84. The molecule has 0 heterocycles. The Bertz CT molecular complexity index is 1190. The van der Waals surface area contributed by atoms with E-state index in [4.69, 9.17) is 9.47 Å². The van der Waals surface area contributed by atoms with Gasteiger partial charge in [0.25, 0.3) is 0 Å². The Balaban J connectivity index is 1.38. The molecular weight excluding hydrogens is 458 g/mol. The molecule has 0 aliphatic heterocycles. The van der Waals surface area contributed by atoms with E-state index in [1.165, 1.54) is 62.5 Å². The van der Waals surface area contributed by atoms with Crippen LogP contribution in [0.5, 0.6) is 11.5 Å². The third-order valence-electron chi connectivity index (χ3n) is 6.92. The molecule has 0 saturated heterocycles. The lowest BCUT2D eigenvalue weighted by Crippen LogP contribution is -2.13.